The van der Waals surface area contributed by atoms with Crippen LogP contribution < -0.4 is 5.73 Å². The molecule has 1 unspecified atom stereocenters. The molecule has 0 aliphatic carbocycles. The van der Waals surface area contributed by atoms with Gasteiger partial charge >= 0.3 is 0 Å². The van der Waals surface area contributed by atoms with E-state index in [2.05, 4.69) is 29.2 Å². The number of benzene rings is 1. The van der Waals surface area contributed by atoms with Crippen LogP contribution in [-0.2, 0) is 11.3 Å². The second kappa shape index (κ2) is 6.21. The van der Waals surface area contributed by atoms with Crippen LogP contribution in [-0.4, -0.2) is 10.1 Å². The van der Waals surface area contributed by atoms with Crippen molar-refractivity contribution in [1.82, 2.24) is 10.1 Å². The van der Waals surface area contributed by atoms with Gasteiger partial charge in [0.25, 0.3) is 0 Å². The van der Waals surface area contributed by atoms with Crippen LogP contribution in [0.2, 0.25) is 0 Å². The lowest BCUT2D eigenvalue weighted by Crippen LogP contribution is -2.33. The number of aromatic nitrogens is 2. The maximum atomic E-state index is 6.17. The van der Waals surface area contributed by atoms with Gasteiger partial charge in [0.05, 0.1) is 11.3 Å². The standard InChI is InChI=1S/C14H19N3OS/c1-3-9-14(2,15)13-16-12(17-18-13)10-19-11-7-5-4-6-8-11/h4-8H,3,9-10,15H2,1-2H3. The maximum absolute atomic E-state index is 6.17. The van der Waals surface area contributed by atoms with Crippen LogP contribution in [0.1, 0.15) is 38.4 Å². The van der Waals surface area contributed by atoms with Crippen molar-refractivity contribution in [1.29, 1.82) is 0 Å². The predicted molar refractivity (Wildman–Crippen MR) is 76.7 cm³/mol. The van der Waals surface area contributed by atoms with Crippen molar-refractivity contribution < 1.29 is 4.52 Å². The van der Waals surface area contributed by atoms with E-state index in [0.717, 1.165) is 12.8 Å². The summed E-state index contributed by atoms with van der Waals surface area (Å²) in [5, 5.41) is 3.99. The van der Waals surface area contributed by atoms with Gasteiger partial charge in [-0.15, -0.1) is 11.8 Å². The summed E-state index contributed by atoms with van der Waals surface area (Å²) in [6, 6.07) is 10.2. The zero-order chi connectivity index (χ0) is 13.7. The van der Waals surface area contributed by atoms with Gasteiger partial charge < -0.3 is 10.3 Å². The van der Waals surface area contributed by atoms with E-state index in [1.165, 1.54) is 4.90 Å². The lowest BCUT2D eigenvalue weighted by molar-refractivity contribution is 0.282. The minimum absolute atomic E-state index is 0.526. The van der Waals surface area contributed by atoms with E-state index in [1.807, 2.05) is 25.1 Å². The van der Waals surface area contributed by atoms with Crippen molar-refractivity contribution in [2.75, 3.05) is 0 Å². The van der Waals surface area contributed by atoms with E-state index in [1.54, 1.807) is 11.8 Å². The average molecular weight is 277 g/mol. The number of rotatable bonds is 6. The maximum Gasteiger partial charge on any atom is 0.246 e. The first-order valence-electron chi connectivity index (χ1n) is 6.41. The molecule has 19 heavy (non-hydrogen) atoms. The number of thioether (sulfide) groups is 1. The number of hydrogen-bond acceptors (Lipinski definition) is 5. The summed E-state index contributed by atoms with van der Waals surface area (Å²) in [6.45, 7) is 4.02. The molecule has 0 amide bonds. The molecule has 2 N–H and O–H groups in total. The van der Waals surface area contributed by atoms with Gasteiger partial charge in [-0.1, -0.05) is 36.7 Å². The van der Waals surface area contributed by atoms with Gasteiger partial charge in [0.2, 0.25) is 5.89 Å². The highest BCUT2D eigenvalue weighted by Crippen LogP contribution is 2.24. The second-order valence-corrected chi connectivity index (χ2v) is 5.83. The van der Waals surface area contributed by atoms with Crippen molar-refractivity contribution in [2.24, 2.45) is 5.73 Å². The Bertz CT molecular complexity index is 510. The van der Waals surface area contributed by atoms with E-state index in [0.29, 0.717) is 17.5 Å². The fourth-order valence-electron chi connectivity index (χ4n) is 1.84. The van der Waals surface area contributed by atoms with E-state index in [9.17, 15) is 0 Å². The minimum atomic E-state index is -0.530. The molecule has 4 nitrogen and oxygen atoms in total. The summed E-state index contributed by atoms with van der Waals surface area (Å²) in [5.41, 5.74) is 5.64. The van der Waals surface area contributed by atoms with Crippen LogP contribution in [0, 0.1) is 0 Å². The Morgan fingerprint density at radius 3 is 2.74 bits per heavy atom. The van der Waals surface area contributed by atoms with Crippen LogP contribution in [0.25, 0.3) is 0 Å². The number of hydrogen-bond donors (Lipinski definition) is 1. The van der Waals surface area contributed by atoms with Gasteiger partial charge in [0, 0.05) is 4.90 Å². The van der Waals surface area contributed by atoms with E-state index in [-0.39, 0.29) is 0 Å². The Kier molecular flexibility index (Phi) is 4.61. The van der Waals surface area contributed by atoms with E-state index in [4.69, 9.17) is 10.3 Å². The molecule has 2 aromatic rings. The van der Waals surface area contributed by atoms with Gasteiger partial charge in [-0.2, -0.15) is 4.98 Å². The van der Waals surface area contributed by atoms with Gasteiger partial charge in [0.15, 0.2) is 5.82 Å². The fraction of sp³-hybridized carbons (Fsp3) is 0.429. The molecule has 0 aliphatic heterocycles. The molecular weight excluding hydrogens is 258 g/mol. The van der Waals surface area contributed by atoms with Crippen molar-refractivity contribution in [3.05, 3.63) is 42.0 Å². The molecule has 1 aromatic heterocycles. The largest absolute Gasteiger partial charge is 0.337 e. The summed E-state index contributed by atoms with van der Waals surface area (Å²) in [5.74, 6) is 1.91. The van der Waals surface area contributed by atoms with Crippen LogP contribution in [0.15, 0.2) is 39.8 Å². The zero-order valence-electron chi connectivity index (χ0n) is 11.3. The molecule has 0 bridgehead atoms. The zero-order valence-corrected chi connectivity index (χ0v) is 12.1. The fourth-order valence-corrected chi connectivity index (χ4v) is 2.60. The number of nitrogens with two attached hydrogens (primary N) is 1. The second-order valence-electron chi connectivity index (χ2n) is 4.78. The summed E-state index contributed by atoms with van der Waals surface area (Å²) >= 11 is 1.69. The predicted octanol–water partition coefficient (Wildman–Crippen LogP) is 3.34. The molecule has 2 rings (SSSR count). The lowest BCUT2D eigenvalue weighted by atomic mass is 9.98. The van der Waals surface area contributed by atoms with E-state index >= 15 is 0 Å². The molecule has 5 heteroatoms. The Morgan fingerprint density at radius 1 is 1.32 bits per heavy atom. The van der Waals surface area contributed by atoms with Gasteiger partial charge in [-0.3, -0.25) is 0 Å². The summed E-state index contributed by atoms with van der Waals surface area (Å²) in [7, 11) is 0. The van der Waals surface area contributed by atoms with Crippen LogP contribution in [0.4, 0.5) is 0 Å². The van der Waals surface area contributed by atoms with Crippen LogP contribution in [0.5, 0.6) is 0 Å². The molecule has 0 saturated heterocycles. The quantitative estimate of drug-likeness (QED) is 0.820. The SMILES string of the molecule is CCCC(C)(N)c1nc(CSc2ccccc2)no1. The van der Waals surface area contributed by atoms with E-state index < -0.39 is 5.54 Å². The van der Waals surface area contributed by atoms with Crippen molar-refractivity contribution >= 4 is 11.8 Å². The third-order valence-electron chi connectivity index (χ3n) is 2.84. The number of nitrogens with zero attached hydrogens (tertiary/aromatic N) is 2. The molecule has 0 fully saturated rings. The highest BCUT2D eigenvalue weighted by molar-refractivity contribution is 7.98. The first-order chi connectivity index (χ1) is 9.12. The van der Waals surface area contributed by atoms with Crippen molar-refractivity contribution in [2.45, 2.75) is 42.9 Å². The first kappa shape index (κ1) is 14.1. The third kappa shape index (κ3) is 3.81. The third-order valence-corrected chi connectivity index (χ3v) is 3.85. The molecule has 1 heterocycles. The first-order valence-corrected chi connectivity index (χ1v) is 7.40. The topological polar surface area (TPSA) is 64.9 Å². The summed E-state index contributed by atoms with van der Waals surface area (Å²) < 4.78 is 5.27. The van der Waals surface area contributed by atoms with Gasteiger partial charge in [0.1, 0.15) is 0 Å². The highest BCUT2D eigenvalue weighted by Gasteiger charge is 2.27. The normalized spacial score (nSPS) is 14.3. The average Bonchev–Trinajstić information content (AvgIpc) is 2.87. The Balaban J connectivity index is 1.98. The van der Waals surface area contributed by atoms with Gasteiger partial charge in [-0.25, -0.2) is 0 Å². The Morgan fingerprint density at radius 2 is 2.05 bits per heavy atom. The van der Waals surface area contributed by atoms with Crippen molar-refractivity contribution in [3.63, 3.8) is 0 Å². The smallest absolute Gasteiger partial charge is 0.246 e. The molecule has 1 atom stereocenters. The summed E-state index contributed by atoms with van der Waals surface area (Å²) in [4.78, 5) is 5.58. The Labute approximate surface area is 117 Å². The highest BCUT2D eigenvalue weighted by atomic mass is 32.2. The van der Waals surface area contributed by atoms with Crippen LogP contribution >= 0.6 is 11.8 Å². The molecule has 0 spiro atoms. The summed E-state index contributed by atoms with van der Waals surface area (Å²) in [6.07, 6.45) is 1.82. The molecule has 0 radical (unpaired) electrons. The monoisotopic (exact) mass is 277 g/mol. The minimum Gasteiger partial charge on any atom is -0.337 e. The van der Waals surface area contributed by atoms with Crippen LogP contribution in [0.3, 0.4) is 0 Å². The van der Waals surface area contributed by atoms with Gasteiger partial charge in [-0.05, 0) is 25.5 Å². The molecular formula is C14H19N3OS. The van der Waals surface area contributed by atoms with Crippen molar-refractivity contribution in [3.8, 4) is 0 Å². The molecule has 1 aromatic carbocycles. The Hall–Kier alpha value is -1.33. The molecule has 0 saturated carbocycles. The molecule has 0 aliphatic rings. The molecule has 102 valence electrons. The lowest BCUT2D eigenvalue weighted by Gasteiger charge is -2.18.